The summed E-state index contributed by atoms with van der Waals surface area (Å²) in [6.45, 7) is 0.0293. The second kappa shape index (κ2) is 7.61. The van der Waals surface area contributed by atoms with E-state index >= 15 is 0 Å². The number of hydrogen-bond acceptors (Lipinski definition) is 4. The zero-order valence-corrected chi connectivity index (χ0v) is 13.1. The van der Waals surface area contributed by atoms with Crippen molar-refractivity contribution in [3.63, 3.8) is 0 Å². The van der Waals surface area contributed by atoms with Crippen LogP contribution >= 0.6 is 0 Å². The van der Waals surface area contributed by atoms with Crippen LogP contribution in [0.3, 0.4) is 0 Å². The molecule has 25 heavy (non-hydrogen) atoms. The molecule has 0 amide bonds. The van der Waals surface area contributed by atoms with Gasteiger partial charge >= 0.3 is 5.97 Å². The van der Waals surface area contributed by atoms with Crippen LogP contribution < -0.4 is 4.74 Å². The van der Waals surface area contributed by atoms with Crippen LogP contribution in [0.2, 0.25) is 0 Å². The fraction of sp³-hybridized carbons (Fsp3) is 0.105. The van der Waals surface area contributed by atoms with Gasteiger partial charge in [-0.25, -0.2) is 13.6 Å². The van der Waals surface area contributed by atoms with Crippen LogP contribution in [-0.2, 0) is 18.0 Å². The summed E-state index contributed by atoms with van der Waals surface area (Å²) in [4.78, 5) is 11.9. The number of hydrogen-bond donors (Lipinski definition) is 0. The highest BCUT2D eigenvalue weighted by atomic mass is 19.1. The van der Waals surface area contributed by atoms with Crippen LogP contribution in [0.25, 0.3) is 0 Å². The van der Waals surface area contributed by atoms with Gasteiger partial charge in [0.05, 0.1) is 0 Å². The van der Waals surface area contributed by atoms with Gasteiger partial charge in [0, 0.05) is 0 Å². The molecule has 0 fully saturated rings. The highest BCUT2D eigenvalue weighted by Crippen LogP contribution is 2.16. The number of rotatable bonds is 6. The van der Waals surface area contributed by atoms with Crippen LogP contribution in [0, 0.1) is 11.6 Å². The Morgan fingerprint density at radius 3 is 2.48 bits per heavy atom. The van der Waals surface area contributed by atoms with Gasteiger partial charge in [-0.05, 0) is 54.1 Å². The van der Waals surface area contributed by atoms with Crippen molar-refractivity contribution in [2.75, 3.05) is 0 Å². The maximum Gasteiger partial charge on any atom is 0.374 e. The first-order valence-electron chi connectivity index (χ1n) is 7.49. The van der Waals surface area contributed by atoms with E-state index in [1.807, 2.05) is 0 Å². The van der Waals surface area contributed by atoms with Crippen molar-refractivity contribution in [3.05, 3.63) is 89.4 Å². The Balaban J connectivity index is 1.53. The summed E-state index contributed by atoms with van der Waals surface area (Å²) in [5.74, 6) is -0.484. The Labute approximate surface area is 142 Å². The molecule has 0 bridgehead atoms. The Morgan fingerprint density at radius 1 is 0.920 bits per heavy atom. The Kier molecular flexibility index (Phi) is 5.09. The highest BCUT2D eigenvalue weighted by Gasteiger charge is 2.13. The number of furan rings is 1. The molecule has 2 aromatic carbocycles. The predicted molar refractivity (Wildman–Crippen MR) is 85.0 cm³/mol. The van der Waals surface area contributed by atoms with Crippen molar-refractivity contribution in [2.45, 2.75) is 13.2 Å². The third-order valence-electron chi connectivity index (χ3n) is 3.32. The zero-order valence-electron chi connectivity index (χ0n) is 13.1. The first-order valence-corrected chi connectivity index (χ1v) is 7.49. The van der Waals surface area contributed by atoms with Gasteiger partial charge in [0.25, 0.3) is 0 Å². The molecule has 1 aromatic heterocycles. The van der Waals surface area contributed by atoms with Gasteiger partial charge in [0.2, 0.25) is 5.76 Å². The van der Waals surface area contributed by atoms with E-state index in [2.05, 4.69) is 0 Å². The maximum absolute atomic E-state index is 13.1. The summed E-state index contributed by atoms with van der Waals surface area (Å²) < 4.78 is 41.7. The second-order valence-electron chi connectivity index (χ2n) is 5.21. The normalized spacial score (nSPS) is 10.5. The van der Waals surface area contributed by atoms with E-state index in [9.17, 15) is 13.6 Å². The van der Waals surface area contributed by atoms with Crippen LogP contribution in [0.1, 0.15) is 21.9 Å². The Bertz CT molecular complexity index is 856. The first kappa shape index (κ1) is 16.7. The van der Waals surface area contributed by atoms with E-state index in [-0.39, 0.29) is 24.8 Å². The molecule has 0 saturated heterocycles. The first-order chi connectivity index (χ1) is 12.1. The molecular weight excluding hydrogens is 330 g/mol. The molecule has 1 heterocycles. The van der Waals surface area contributed by atoms with E-state index in [1.165, 1.54) is 48.5 Å². The Hall–Kier alpha value is -3.15. The minimum absolute atomic E-state index is 0.0223. The standard InChI is InChI=1S/C19H14F2O4/c20-14-4-6-16(7-5-14)23-12-17-8-9-18(25-17)19(22)24-11-13-2-1-3-15(21)10-13/h1-10H,11-12H2. The molecule has 0 atom stereocenters. The third kappa shape index (κ3) is 4.67. The lowest BCUT2D eigenvalue weighted by Crippen LogP contribution is -2.04. The smallest absolute Gasteiger partial charge is 0.374 e. The number of ether oxygens (including phenoxy) is 2. The summed E-state index contributed by atoms with van der Waals surface area (Å²) in [6.07, 6.45) is 0. The molecule has 0 unspecified atom stereocenters. The number of benzene rings is 2. The molecule has 3 aromatic rings. The largest absolute Gasteiger partial charge is 0.486 e. The SMILES string of the molecule is O=C(OCc1cccc(F)c1)c1ccc(COc2ccc(F)cc2)o1. The quantitative estimate of drug-likeness (QED) is 0.618. The zero-order chi connectivity index (χ0) is 17.6. The molecule has 0 spiro atoms. The average molecular weight is 344 g/mol. The summed E-state index contributed by atoms with van der Waals surface area (Å²) in [7, 11) is 0. The van der Waals surface area contributed by atoms with Crippen LogP contribution in [0.5, 0.6) is 5.75 Å². The van der Waals surface area contributed by atoms with Gasteiger partial charge in [0.15, 0.2) is 0 Å². The molecular formula is C19H14F2O4. The number of carbonyl (C=O) groups is 1. The molecule has 0 saturated carbocycles. The minimum atomic E-state index is -0.655. The number of carbonyl (C=O) groups excluding carboxylic acids is 1. The van der Waals surface area contributed by atoms with Gasteiger partial charge in [-0.2, -0.15) is 0 Å². The summed E-state index contributed by atoms with van der Waals surface area (Å²) in [5, 5.41) is 0. The summed E-state index contributed by atoms with van der Waals surface area (Å²) >= 11 is 0. The van der Waals surface area contributed by atoms with Gasteiger partial charge in [-0.15, -0.1) is 0 Å². The molecule has 0 aliphatic rings. The molecule has 6 heteroatoms. The fourth-order valence-electron chi connectivity index (χ4n) is 2.10. The van der Waals surface area contributed by atoms with Crippen molar-refractivity contribution in [1.29, 1.82) is 0 Å². The number of halogens is 2. The monoisotopic (exact) mass is 344 g/mol. The topological polar surface area (TPSA) is 48.7 Å². The van der Waals surface area contributed by atoms with E-state index in [0.717, 1.165) is 0 Å². The lowest BCUT2D eigenvalue weighted by Gasteiger charge is -2.04. The fourth-order valence-corrected chi connectivity index (χ4v) is 2.10. The molecule has 0 N–H and O–H groups in total. The van der Waals surface area contributed by atoms with Crippen molar-refractivity contribution >= 4 is 5.97 Å². The van der Waals surface area contributed by atoms with Crippen LogP contribution in [-0.4, -0.2) is 5.97 Å². The lowest BCUT2D eigenvalue weighted by molar-refractivity contribution is 0.0432. The van der Waals surface area contributed by atoms with Crippen molar-refractivity contribution < 1.29 is 27.5 Å². The van der Waals surface area contributed by atoms with Gasteiger partial charge < -0.3 is 13.9 Å². The van der Waals surface area contributed by atoms with Crippen molar-refractivity contribution in [1.82, 2.24) is 0 Å². The summed E-state index contributed by atoms with van der Waals surface area (Å²) in [6, 6.07) is 14.4. The van der Waals surface area contributed by atoms with Crippen LogP contribution in [0.15, 0.2) is 65.1 Å². The van der Waals surface area contributed by atoms with E-state index < -0.39 is 11.8 Å². The second-order valence-corrected chi connectivity index (χ2v) is 5.21. The summed E-state index contributed by atoms with van der Waals surface area (Å²) in [5.41, 5.74) is 0.541. The highest BCUT2D eigenvalue weighted by molar-refractivity contribution is 5.86. The maximum atomic E-state index is 13.1. The molecule has 0 radical (unpaired) electrons. The molecule has 4 nitrogen and oxygen atoms in total. The predicted octanol–water partition coefficient (Wildman–Crippen LogP) is 4.49. The van der Waals surface area contributed by atoms with E-state index in [4.69, 9.17) is 13.9 Å². The average Bonchev–Trinajstić information content (AvgIpc) is 3.08. The molecule has 128 valence electrons. The van der Waals surface area contributed by atoms with Crippen molar-refractivity contribution in [3.8, 4) is 5.75 Å². The van der Waals surface area contributed by atoms with E-state index in [0.29, 0.717) is 17.1 Å². The minimum Gasteiger partial charge on any atom is -0.486 e. The van der Waals surface area contributed by atoms with E-state index in [1.54, 1.807) is 12.1 Å². The van der Waals surface area contributed by atoms with Gasteiger partial charge in [-0.1, -0.05) is 12.1 Å². The van der Waals surface area contributed by atoms with Crippen LogP contribution in [0.4, 0.5) is 8.78 Å². The van der Waals surface area contributed by atoms with Gasteiger partial charge in [0.1, 0.15) is 36.4 Å². The lowest BCUT2D eigenvalue weighted by atomic mass is 10.2. The molecule has 3 rings (SSSR count). The van der Waals surface area contributed by atoms with Gasteiger partial charge in [-0.3, -0.25) is 0 Å². The molecule has 0 aliphatic carbocycles. The third-order valence-corrected chi connectivity index (χ3v) is 3.32. The molecule has 0 aliphatic heterocycles. The Morgan fingerprint density at radius 2 is 1.72 bits per heavy atom. The number of esters is 1. The van der Waals surface area contributed by atoms with Crippen molar-refractivity contribution in [2.24, 2.45) is 0 Å².